The molecule has 1 unspecified atom stereocenters. The van der Waals surface area contributed by atoms with Crippen molar-refractivity contribution in [3.8, 4) is 0 Å². The zero-order valence-electron chi connectivity index (χ0n) is 13.2. The van der Waals surface area contributed by atoms with E-state index in [2.05, 4.69) is 29.0 Å². The van der Waals surface area contributed by atoms with Gasteiger partial charge < -0.3 is 4.52 Å². The summed E-state index contributed by atoms with van der Waals surface area (Å²) < 4.78 is 5.43. The molecule has 6 heteroatoms. The minimum absolute atomic E-state index is 0.442. The number of hydrogen-bond acceptors (Lipinski definition) is 6. The van der Waals surface area contributed by atoms with Crippen LogP contribution in [0.5, 0.6) is 0 Å². The predicted molar refractivity (Wildman–Crippen MR) is 84.9 cm³/mol. The summed E-state index contributed by atoms with van der Waals surface area (Å²) in [6.07, 6.45) is 6.98. The normalized spacial score (nSPS) is 21.3. The molecule has 0 bridgehead atoms. The Hall–Kier alpha value is -1.27. The lowest BCUT2D eigenvalue weighted by Gasteiger charge is -2.29. The summed E-state index contributed by atoms with van der Waals surface area (Å²) in [6.45, 7) is 2.91. The molecule has 1 fully saturated rings. The Morgan fingerprint density at radius 2 is 2.14 bits per heavy atom. The van der Waals surface area contributed by atoms with Gasteiger partial charge in [0.05, 0.1) is 17.2 Å². The van der Waals surface area contributed by atoms with E-state index in [4.69, 9.17) is 9.51 Å². The Labute approximate surface area is 134 Å². The minimum atomic E-state index is 0.442. The lowest BCUT2D eigenvalue weighted by atomic mass is 9.97. The van der Waals surface area contributed by atoms with Crippen molar-refractivity contribution < 1.29 is 4.52 Å². The Morgan fingerprint density at radius 3 is 2.91 bits per heavy atom. The van der Waals surface area contributed by atoms with E-state index in [0.29, 0.717) is 12.0 Å². The number of nitrogens with zero attached hydrogens (tertiary/aromatic N) is 4. The van der Waals surface area contributed by atoms with E-state index >= 15 is 0 Å². The van der Waals surface area contributed by atoms with Gasteiger partial charge >= 0.3 is 0 Å². The van der Waals surface area contributed by atoms with E-state index < -0.39 is 0 Å². The summed E-state index contributed by atoms with van der Waals surface area (Å²) in [5.41, 5.74) is 1.31. The third-order valence-electron chi connectivity index (χ3n) is 4.61. The molecule has 22 heavy (non-hydrogen) atoms. The van der Waals surface area contributed by atoms with Crippen molar-refractivity contribution in [3.05, 3.63) is 27.3 Å². The van der Waals surface area contributed by atoms with Crippen molar-refractivity contribution >= 4 is 11.3 Å². The van der Waals surface area contributed by atoms with Gasteiger partial charge in [-0.25, -0.2) is 4.98 Å². The fourth-order valence-corrected chi connectivity index (χ4v) is 4.44. The van der Waals surface area contributed by atoms with E-state index in [-0.39, 0.29) is 0 Å². The maximum atomic E-state index is 5.43. The van der Waals surface area contributed by atoms with Gasteiger partial charge in [0.25, 0.3) is 0 Å². The monoisotopic (exact) mass is 318 g/mol. The van der Waals surface area contributed by atoms with Crippen LogP contribution in [-0.2, 0) is 19.4 Å². The highest BCUT2D eigenvalue weighted by molar-refractivity contribution is 7.11. The average molecular weight is 318 g/mol. The van der Waals surface area contributed by atoms with E-state index in [0.717, 1.165) is 31.1 Å². The molecular formula is C16H22N4OS. The third-order valence-corrected chi connectivity index (χ3v) is 5.95. The third kappa shape index (κ3) is 2.70. The topological polar surface area (TPSA) is 55.1 Å². The quantitative estimate of drug-likeness (QED) is 0.845. The van der Waals surface area contributed by atoms with Crippen LogP contribution in [0, 0.1) is 0 Å². The highest BCUT2D eigenvalue weighted by atomic mass is 32.1. The SMILES string of the molecule is CCc1nc2c(s1)C(N(C)Cc1nc(C3CC3)no1)CCC2. The molecule has 1 atom stereocenters. The average Bonchev–Trinajstić information content (AvgIpc) is 3.12. The molecule has 2 heterocycles. The molecule has 0 radical (unpaired) electrons. The molecule has 118 valence electrons. The second-order valence-electron chi connectivity index (χ2n) is 6.42. The van der Waals surface area contributed by atoms with Crippen LogP contribution in [0.4, 0.5) is 0 Å². The first-order valence-corrected chi connectivity index (χ1v) is 9.07. The largest absolute Gasteiger partial charge is 0.338 e. The molecule has 5 nitrogen and oxygen atoms in total. The second-order valence-corrected chi connectivity index (χ2v) is 7.53. The Morgan fingerprint density at radius 1 is 1.27 bits per heavy atom. The number of hydrogen-bond donors (Lipinski definition) is 0. The summed E-state index contributed by atoms with van der Waals surface area (Å²) in [7, 11) is 2.16. The van der Waals surface area contributed by atoms with Gasteiger partial charge in [-0.1, -0.05) is 12.1 Å². The van der Waals surface area contributed by atoms with Gasteiger partial charge in [0.1, 0.15) is 0 Å². The van der Waals surface area contributed by atoms with Gasteiger partial charge in [-0.3, -0.25) is 4.90 Å². The highest BCUT2D eigenvalue weighted by Gasteiger charge is 2.31. The zero-order valence-corrected chi connectivity index (χ0v) is 14.0. The predicted octanol–water partition coefficient (Wildman–Crippen LogP) is 3.48. The van der Waals surface area contributed by atoms with Crippen LogP contribution in [0.3, 0.4) is 0 Å². The zero-order chi connectivity index (χ0) is 15.1. The fraction of sp³-hybridized carbons (Fsp3) is 0.688. The molecule has 2 aliphatic rings. The van der Waals surface area contributed by atoms with Crippen LogP contribution >= 0.6 is 11.3 Å². The number of thiazole rings is 1. The second kappa shape index (κ2) is 5.74. The van der Waals surface area contributed by atoms with Crippen molar-refractivity contribution in [2.24, 2.45) is 0 Å². The van der Waals surface area contributed by atoms with Crippen molar-refractivity contribution in [1.29, 1.82) is 0 Å². The summed E-state index contributed by atoms with van der Waals surface area (Å²) in [5.74, 6) is 2.20. The van der Waals surface area contributed by atoms with Gasteiger partial charge in [0.15, 0.2) is 5.82 Å². The van der Waals surface area contributed by atoms with Crippen LogP contribution in [0.2, 0.25) is 0 Å². The summed E-state index contributed by atoms with van der Waals surface area (Å²) in [6, 6.07) is 0.442. The first-order chi connectivity index (χ1) is 10.7. The van der Waals surface area contributed by atoms with Gasteiger partial charge in [0, 0.05) is 16.8 Å². The van der Waals surface area contributed by atoms with Gasteiger partial charge in [-0.05, 0) is 45.6 Å². The van der Waals surface area contributed by atoms with Gasteiger partial charge in [-0.2, -0.15) is 4.98 Å². The summed E-state index contributed by atoms with van der Waals surface area (Å²) >= 11 is 1.88. The van der Waals surface area contributed by atoms with Crippen LogP contribution < -0.4 is 0 Å². The lowest BCUT2D eigenvalue weighted by molar-refractivity contribution is 0.189. The van der Waals surface area contributed by atoms with Crippen molar-refractivity contribution in [2.45, 2.75) is 64.0 Å². The molecule has 0 aromatic carbocycles. The number of aryl methyl sites for hydroxylation is 2. The molecule has 0 aliphatic heterocycles. The molecule has 1 saturated carbocycles. The Kier molecular flexibility index (Phi) is 3.74. The highest BCUT2D eigenvalue weighted by Crippen LogP contribution is 2.39. The van der Waals surface area contributed by atoms with Crippen LogP contribution in [0.15, 0.2) is 4.52 Å². The first-order valence-electron chi connectivity index (χ1n) is 8.25. The maximum Gasteiger partial charge on any atom is 0.240 e. The van der Waals surface area contributed by atoms with Gasteiger partial charge in [-0.15, -0.1) is 11.3 Å². The lowest BCUT2D eigenvalue weighted by Crippen LogP contribution is -2.26. The first kappa shape index (κ1) is 14.3. The number of aromatic nitrogens is 3. The smallest absolute Gasteiger partial charge is 0.240 e. The maximum absolute atomic E-state index is 5.43. The summed E-state index contributed by atoms with van der Waals surface area (Å²) in [4.78, 5) is 13.1. The minimum Gasteiger partial charge on any atom is -0.338 e. The molecule has 0 amide bonds. The molecule has 0 spiro atoms. The van der Waals surface area contributed by atoms with E-state index in [1.54, 1.807) is 0 Å². The molecule has 0 saturated heterocycles. The number of rotatable bonds is 5. The van der Waals surface area contributed by atoms with E-state index in [1.807, 2.05) is 11.3 Å². The van der Waals surface area contributed by atoms with Crippen molar-refractivity contribution in [3.63, 3.8) is 0 Å². The fourth-order valence-electron chi connectivity index (χ4n) is 3.18. The molecule has 2 aromatic rings. The number of fused-ring (bicyclic) bond motifs is 1. The van der Waals surface area contributed by atoms with Crippen molar-refractivity contribution in [1.82, 2.24) is 20.0 Å². The van der Waals surface area contributed by atoms with E-state index in [9.17, 15) is 0 Å². The van der Waals surface area contributed by atoms with Crippen LogP contribution in [0.1, 0.15) is 71.9 Å². The molecule has 4 rings (SSSR count). The molecular weight excluding hydrogens is 296 g/mol. The molecule has 2 aromatic heterocycles. The van der Waals surface area contributed by atoms with Crippen LogP contribution in [-0.4, -0.2) is 27.1 Å². The Bertz CT molecular complexity index is 661. The molecule has 0 N–H and O–H groups in total. The van der Waals surface area contributed by atoms with E-state index in [1.165, 1.54) is 41.3 Å². The molecule has 2 aliphatic carbocycles. The van der Waals surface area contributed by atoms with Crippen LogP contribution in [0.25, 0.3) is 0 Å². The van der Waals surface area contributed by atoms with Gasteiger partial charge in [0.2, 0.25) is 5.89 Å². The van der Waals surface area contributed by atoms with Crippen molar-refractivity contribution in [2.75, 3.05) is 7.05 Å². The Balaban J connectivity index is 1.50. The summed E-state index contributed by atoms with van der Waals surface area (Å²) in [5, 5.41) is 5.38. The standard InChI is InChI=1S/C16H22N4OS/c1-3-14-17-11-5-4-6-12(15(11)22-14)20(2)9-13-18-16(19-21-13)10-7-8-10/h10,12H,3-9H2,1-2H3.